The number of unbranched alkanes of at least 4 members (excludes halogenated alkanes) is 1. The number of benzene rings is 1. The first kappa shape index (κ1) is 9.00. The molecule has 2 rings (SSSR count). The van der Waals surface area contributed by atoms with Crippen LogP contribution in [0.3, 0.4) is 0 Å². The Morgan fingerprint density at radius 2 is 2.14 bits per heavy atom. The normalized spacial score (nSPS) is 16.9. The summed E-state index contributed by atoms with van der Waals surface area (Å²) < 4.78 is 5.11. The van der Waals surface area contributed by atoms with Crippen LogP contribution in [0.25, 0.3) is 5.57 Å². The molecule has 0 unspecified atom stereocenters. The first-order valence-electron chi connectivity index (χ1n) is 4.84. The van der Waals surface area contributed by atoms with Gasteiger partial charge in [-0.2, -0.15) is 0 Å². The van der Waals surface area contributed by atoms with E-state index in [0.717, 1.165) is 18.4 Å². The number of ether oxygens (including phenoxy) is 1. The Labute approximate surface area is 83.2 Å². The third-order valence-electron chi connectivity index (χ3n) is 2.24. The zero-order valence-electron chi connectivity index (χ0n) is 8.12. The van der Waals surface area contributed by atoms with Crippen LogP contribution in [0.5, 0.6) is 5.75 Å². The second kappa shape index (κ2) is 3.66. The van der Waals surface area contributed by atoms with Gasteiger partial charge in [-0.15, -0.1) is 0 Å². The summed E-state index contributed by atoms with van der Waals surface area (Å²) in [7, 11) is 0. The molecule has 1 heterocycles. The lowest BCUT2D eigenvalue weighted by molar-refractivity contribution is -0.127. The summed E-state index contributed by atoms with van der Waals surface area (Å²) in [5.41, 5.74) is 1.63. The Hall–Kier alpha value is -1.57. The number of esters is 1. The number of carbonyl (C=O) groups is 1. The van der Waals surface area contributed by atoms with Crippen molar-refractivity contribution in [3.05, 3.63) is 35.9 Å². The van der Waals surface area contributed by atoms with Crippen LogP contribution in [-0.4, -0.2) is 5.97 Å². The van der Waals surface area contributed by atoms with Gasteiger partial charge in [0.1, 0.15) is 5.75 Å². The van der Waals surface area contributed by atoms with Crippen LogP contribution >= 0.6 is 0 Å². The fourth-order valence-electron chi connectivity index (χ4n) is 1.52. The molecule has 1 aromatic carbocycles. The van der Waals surface area contributed by atoms with E-state index in [1.54, 1.807) is 0 Å². The van der Waals surface area contributed by atoms with E-state index in [-0.39, 0.29) is 5.97 Å². The minimum Gasteiger partial charge on any atom is -0.422 e. The van der Waals surface area contributed by atoms with Gasteiger partial charge in [-0.3, -0.25) is 0 Å². The van der Waals surface area contributed by atoms with Gasteiger partial charge < -0.3 is 4.74 Å². The highest BCUT2D eigenvalue weighted by molar-refractivity contribution is 6.21. The lowest BCUT2D eigenvalue weighted by Gasteiger charge is -1.93. The highest BCUT2D eigenvalue weighted by Gasteiger charge is 2.25. The molecule has 0 bridgehead atoms. The van der Waals surface area contributed by atoms with E-state index in [1.807, 2.05) is 30.3 Å². The number of fused-ring (bicyclic) bond motifs is 1. The summed E-state index contributed by atoms with van der Waals surface area (Å²) in [6.07, 6.45) is 3.91. The zero-order valence-corrected chi connectivity index (χ0v) is 8.12. The van der Waals surface area contributed by atoms with Crippen LogP contribution in [0.4, 0.5) is 0 Å². The van der Waals surface area contributed by atoms with Crippen molar-refractivity contribution in [1.29, 1.82) is 0 Å². The van der Waals surface area contributed by atoms with Crippen molar-refractivity contribution in [3.8, 4) is 5.75 Å². The highest BCUT2D eigenvalue weighted by atomic mass is 16.5. The Morgan fingerprint density at radius 3 is 2.93 bits per heavy atom. The smallest absolute Gasteiger partial charge is 0.343 e. The molecule has 14 heavy (non-hydrogen) atoms. The monoisotopic (exact) mass is 188 g/mol. The zero-order chi connectivity index (χ0) is 9.97. The molecule has 0 aliphatic carbocycles. The average molecular weight is 188 g/mol. The first-order chi connectivity index (χ1) is 6.83. The van der Waals surface area contributed by atoms with Crippen molar-refractivity contribution in [2.24, 2.45) is 0 Å². The molecule has 0 saturated heterocycles. The number of allylic oxidation sites excluding steroid dienone is 1. The first-order valence-corrected chi connectivity index (χ1v) is 4.84. The van der Waals surface area contributed by atoms with E-state index in [0.29, 0.717) is 11.3 Å². The number of para-hydroxylation sites is 1. The quantitative estimate of drug-likeness (QED) is 0.405. The van der Waals surface area contributed by atoms with Crippen molar-refractivity contribution in [2.75, 3.05) is 0 Å². The van der Waals surface area contributed by atoms with Crippen LogP contribution in [0.1, 0.15) is 25.3 Å². The molecule has 0 atom stereocenters. The number of hydrogen-bond acceptors (Lipinski definition) is 2. The van der Waals surface area contributed by atoms with Gasteiger partial charge in [0.25, 0.3) is 0 Å². The van der Waals surface area contributed by atoms with Crippen LogP contribution in [0.15, 0.2) is 30.3 Å². The molecule has 72 valence electrons. The van der Waals surface area contributed by atoms with Crippen molar-refractivity contribution >= 4 is 11.5 Å². The Morgan fingerprint density at radius 1 is 1.36 bits per heavy atom. The fraction of sp³-hybridized carbons (Fsp3) is 0.250. The van der Waals surface area contributed by atoms with Crippen LogP contribution in [0.2, 0.25) is 0 Å². The van der Waals surface area contributed by atoms with Gasteiger partial charge in [-0.1, -0.05) is 37.6 Å². The van der Waals surface area contributed by atoms with Gasteiger partial charge >= 0.3 is 5.97 Å². The van der Waals surface area contributed by atoms with Gasteiger partial charge in [0.05, 0.1) is 5.57 Å². The minimum atomic E-state index is -0.223. The topological polar surface area (TPSA) is 26.3 Å². The van der Waals surface area contributed by atoms with E-state index in [9.17, 15) is 4.79 Å². The van der Waals surface area contributed by atoms with Gasteiger partial charge in [0.15, 0.2) is 0 Å². The highest BCUT2D eigenvalue weighted by Crippen LogP contribution is 2.33. The summed E-state index contributed by atoms with van der Waals surface area (Å²) in [6, 6.07) is 7.52. The minimum absolute atomic E-state index is 0.223. The van der Waals surface area contributed by atoms with Crippen molar-refractivity contribution in [3.63, 3.8) is 0 Å². The van der Waals surface area contributed by atoms with Crippen molar-refractivity contribution < 1.29 is 9.53 Å². The molecule has 1 aliphatic heterocycles. The molecule has 0 aromatic heterocycles. The molecule has 2 heteroatoms. The van der Waals surface area contributed by atoms with E-state index < -0.39 is 0 Å². The second-order valence-electron chi connectivity index (χ2n) is 3.29. The largest absolute Gasteiger partial charge is 0.422 e. The SMILES string of the molecule is CCC/C=C1/C(=O)Oc2ccccc21. The maximum Gasteiger partial charge on any atom is 0.343 e. The summed E-state index contributed by atoms with van der Waals surface area (Å²) in [6.45, 7) is 2.09. The standard InChI is InChI=1S/C12H12O2/c1-2-3-6-10-9-7-4-5-8-11(9)14-12(10)13/h4-8H,2-3H2,1H3/b10-6+. The lowest BCUT2D eigenvalue weighted by atomic mass is 10.1. The molecule has 0 N–H and O–H groups in total. The second-order valence-corrected chi connectivity index (χ2v) is 3.29. The molecular formula is C12H12O2. The van der Waals surface area contributed by atoms with Gasteiger partial charge in [0, 0.05) is 5.56 Å². The fourth-order valence-corrected chi connectivity index (χ4v) is 1.52. The Kier molecular flexibility index (Phi) is 2.35. The van der Waals surface area contributed by atoms with E-state index >= 15 is 0 Å². The molecule has 1 aromatic rings. The Balaban J connectivity index is 2.39. The maximum absolute atomic E-state index is 11.4. The maximum atomic E-state index is 11.4. The molecule has 0 fully saturated rings. The summed E-state index contributed by atoms with van der Waals surface area (Å²) >= 11 is 0. The van der Waals surface area contributed by atoms with Gasteiger partial charge in [-0.25, -0.2) is 4.79 Å². The average Bonchev–Trinajstić information content (AvgIpc) is 2.51. The number of carbonyl (C=O) groups excluding carboxylic acids is 1. The molecule has 0 saturated carbocycles. The lowest BCUT2D eigenvalue weighted by Crippen LogP contribution is -2.00. The molecular weight excluding hydrogens is 176 g/mol. The van der Waals surface area contributed by atoms with Crippen LogP contribution < -0.4 is 4.74 Å². The van der Waals surface area contributed by atoms with Gasteiger partial charge in [0.2, 0.25) is 0 Å². The summed E-state index contributed by atoms with van der Waals surface area (Å²) in [5, 5.41) is 0. The Bertz CT molecular complexity index is 391. The van der Waals surface area contributed by atoms with E-state index in [2.05, 4.69) is 6.92 Å². The third-order valence-corrected chi connectivity index (χ3v) is 2.24. The predicted molar refractivity (Wildman–Crippen MR) is 55.0 cm³/mol. The summed E-state index contributed by atoms with van der Waals surface area (Å²) in [4.78, 5) is 11.4. The summed E-state index contributed by atoms with van der Waals surface area (Å²) in [5.74, 6) is 0.458. The van der Waals surface area contributed by atoms with Crippen LogP contribution in [-0.2, 0) is 4.79 Å². The third kappa shape index (κ3) is 1.43. The van der Waals surface area contributed by atoms with Crippen molar-refractivity contribution in [2.45, 2.75) is 19.8 Å². The van der Waals surface area contributed by atoms with Crippen molar-refractivity contribution in [1.82, 2.24) is 0 Å². The molecule has 2 nitrogen and oxygen atoms in total. The molecule has 1 aliphatic rings. The van der Waals surface area contributed by atoms with Crippen LogP contribution in [0, 0.1) is 0 Å². The predicted octanol–water partition coefficient (Wildman–Crippen LogP) is 2.79. The molecule has 0 radical (unpaired) electrons. The molecule has 0 spiro atoms. The number of rotatable bonds is 2. The van der Waals surface area contributed by atoms with E-state index in [4.69, 9.17) is 4.74 Å². The van der Waals surface area contributed by atoms with E-state index in [1.165, 1.54) is 0 Å². The molecule has 0 amide bonds. The number of hydrogen-bond donors (Lipinski definition) is 0. The van der Waals surface area contributed by atoms with Gasteiger partial charge in [-0.05, 0) is 12.5 Å².